The van der Waals surface area contributed by atoms with E-state index in [4.69, 9.17) is 9.47 Å². The third-order valence-electron chi connectivity index (χ3n) is 11.7. The van der Waals surface area contributed by atoms with Gasteiger partial charge < -0.3 is 18.6 Å². The van der Waals surface area contributed by atoms with Gasteiger partial charge in [-0.15, -0.1) is 9.13 Å². The molecule has 0 radical (unpaired) electrons. The molecule has 5 aromatic rings. The SMILES string of the molecule is CP1(=O)c2cccc3c2C2(NCO3)c3c1ccc1c3C3c4c-1ccc1c4C4(NCOc5cccc(c54)P1(C)=O)[n+]1ccc[n+]2c13. The first-order valence-corrected chi connectivity index (χ1v) is 19.7. The Morgan fingerprint density at radius 2 is 1.11 bits per heavy atom. The first-order valence-electron chi connectivity index (χ1n) is 15.3. The molecule has 0 fully saturated rings. The summed E-state index contributed by atoms with van der Waals surface area (Å²) < 4.78 is 47.3. The lowest BCUT2D eigenvalue weighted by atomic mass is 9.72. The summed E-state index contributed by atoms with van der Waals surface area (Å²) in [5.74, 6) is 2.50. The lowest BCUT2D eigenvalue weighted by Gasteiger charge is -2.48. The molecule has 218 valence electrons. The van der Waals surface area contributed by atoms with Crippen molar-refractivity contribution in [1.82, 2.24) is 10.6 Å². The zero-order chi connectivity index (χ0) is 29.8. The predicted molar refractivity (Wildman–Crippen MR) is 168 cm³/mol. The number of nitrogens with one attached hydrogen (secondary N) is 2. The number of hydrogen-bond donors (Lipinski definition) is 2. The molecule has 45 heavy (non-hydrogen) atoms. The predicted octanol–water partition coefficient (Wildman–Crippen LogP) is 1.94. The van der Waals surface area contributed by atoms with Crippen molar-refractivity contribution in [2.45, 2.75) is 17.2 Å². The third kappa shape index (κ3) is 2.19. The van der Waals surface area contributed by atoms with E-state index in [0.717, 1.165) is 71.9 Å². The molecule has 8 nitrogen and oxygen atoms in total. The number of hydrogen-bond acceptors (Lipinski definition) is 6. The Bertz CT molecular complexity index is 2310. The molecular weight excluding hydrogens is 602 g/mol. The number of nitrogens with zero attached hydrogens (tertiary/aromatic N) is 2. The number of aromatic nitrogens is 2. The second-order valence-electron chi connectivity index (χ2n) is 13.4. The molecule has 4 atom stereocenters. The molecule has 10 heteroatoms. The van der Waals surface area contributed by atoms with Crippen LogP contribution in [-0.2, 0) is 20.5 Å². The van der Waals surface area contributed by atoms with Crippen LogP contribution in [0.2, 0.25) is 0 Å². The van der Waals surface area contributed by atoms with Crippen molar-refractivity contribution in [1.29, 1.82) is 0 Å². The highest BCUT2D eigenvalue weighted by Crippen LogP contribution is 2.64. The van der Waals surface area contributed by atoms with Gasteiger partial charge in [-0.25, -0.2) is 10.6 Å². The highest BCUT2D eigenvalue weighted by molar-refractivity contribution is 7.78. The van der Waals surface area contributed by atoms with E-state index >= 15 is 9.13 Å². The lowest BCUT2D eigenvalue weighted by molar-refractivity contribution is -0.886. The summed E-state index contributed by atoms with van der Waals surface area (Å²) in [6.07, 6.45) is 4.33. The smallest absolute Gasteiger partial charge is 0.434 e. The van der Waals surface area contributed by atoms with E-state index in [0.29, 0.717) is 13.5 Å². The van der Waals surface area contributed by atoms with Gasteiger partial charge in [-0.1, -0.05) is 36.4 Å². The fourth-order valence-electron chi connectivity index (χ4n) is 10.2. The van der Waals surface area contributed by atoms with Gasteiger partial charge >= 0.3 is 5.82 Å². The van der Waals surface area contributed by atoms with Crippen LogP contribution < -0.4 is 50.5 Å². The van der Waals surface area contributed by atoms with Crippen LogP contribution in [0.5, 0.6) is 11.5 Å². The Labute approximate surface area is 258 Å². The van der Waals surface area contributed by atoms with E-state index in [-0.39, 0.29) is 5.92 Å². The topological polar surface area (TPSA) is 84.4 Å². The quantitative estimate of drug-likeness (QED) is 0.198. The molecule has 12 rings (SSSR count). The average Bonchev–Trinajstić information content (AvgIpc) is 3.40. The Balaban J connectivity index is 1.35. The number of rotatable bonds is 0. The average molecular weight is 629 g/mol. The Morgan fingerprint density at radius 3 is 1.60 bits per heavy atom. The fraction of sp³-hybridized carbons (Fsp3) is 0.200. The number of ether oxygens (including phenoxy) is 2. The maximum Gasteiger partial charge on any atom is 0.434 e. The second-order valence-corrected chi connectivity index (χ2v) is 19.0. The van der Waals surface area contributed by atoms with E-state index < -0.39 is 25.6 Å². The van der Waals surface area contributed by atoms with Crippen LogP contribution >= 0.6 is 14.3 Å². The molecule has 0 saturated carbocycles. The van der Waals surface area contributed by atoms with Crippen LogP contribution in [0.3, 0.4) is 0 Å². The molecule has 4 unspecified atom stereocenters. The Hall–Kier alpha value is -4.06. The van der Waals surface area contributed by atoms with E-state index in [1.165, 1.54) is 11.1 Å². The molecule has 2 N–H and O–H groups in total. The lowest BCUT2D eigenvalue weighted by Crippen LogP contribution is -2.83. The van der Waals surface area contributed by atoms with Crippen LogP contribution in [0, 0.1) is 0 Å². The first-order chi connectivity index (χ1) is 21.8. The second kappa shape index (κ2) is 7.01. The summed E-state index contributed by atoms with van der Waals surface area (Å²) in [4.78, 5) is 0. The van der Waals surface area contributed by atoms with E-state index in [9.17, 15) is 0 Å². The van der Waals surface area contributed by atoms with Crippen molar-refractivity contribution in [3.05, 3.63) is 118 Å². The van der Waals surface area contributed by atoms with Crippen molar-refractivity contribution in [3.8, 4) is 22.6 Å². The minimum absolute atomic E-state index is 0.130. The van der Waals surface area contributed by atoms with Crippen molar-refractivity contribution in [2.75, 3.05) is 26.8 Å². The molecule has 1 aliphatic carbocycles. The largest absolute Gasteiger partial charge is 0.477 e. The van der Waals surface area contributed by atoms with Crippen molar-refractivity contribution in [3.63, 3.8) is 0 Å². The summed E-state index contributed by atoms with van der Waals surface area (Å²) >= 11 is 0. The maximum atomic E-state index is 15.0. The molecule has 7 aliphatic rings. The van der Waals surface area contributed by atoms with E-state index in [1.807, 2.05) is 49.7 Å². The highest BCUT2D eigenvalue weighted by Gasteiger charge is 2.72. The van der Waals surface area contributed by atoms with Crippen molar-refractivity contribution < 1.29 is 27.7 Å². The molecule has 1 aromatic heterocycles. The summed E-state index contributed by atoms with van der Waals surface area (Å²) in [5, 5.41) is 11.1. The third-order valence-corrected chi connectivity index (χ3v) is 16.8. The zero-order valence-electron chi connectivity index (χ0n) is 24.4. The van der Waals surface area contributed by atoms with Gasteiger partial charge in [-0.2, -0.15) is 0 Å². The van der Waals surface area contributed by atoms with Crippen molar-refractivity contribution >= 4 is 35.5 Å². The summed E-state index contributed by atoms with van der Waals surface area (Å²) in [6.45, 7) is 4.43. The highest BCUT2D eigenvalue weighted by atomic mass is 31.2. The molecular formula is C35H26N4O4P2+2. The van der Waals surface area contributed by atoms with Gasteiger partial charge in [0.1, 0.15) is 39.2 Å². The van der Waals surface area contributed by atoms with Crippen LogP contribution in [0.4, 0.5) is 0 Å². The van der Waals surface area contributed by atoms with Gasteiger partial charge in [0.2, 0.25) is 0 Å². The monoisotopic (exact) mass is 628 g/mol. The summed E-state index contributed by atoms with van der Waals surface area (Å²) in [7, 11) is -5.99. The number of benzene rings is 4. The van der Waals surface area contributed by atoms with E-state index in [1.54, 1.807) is 0 Å². The van der Waals surface area contributed by atoms with Gasteiger partial charge in [0.05, 0.1) is 28.3 Å². The maximum absolute atomic E-state index is 15.0. The minimum Gasteiger partial charge on any atom is -0.477 e. The fourth-order valence-corrected chi connectivity index (χ4v) is 14.9. The molecule has 0 saturated heterocycles. The number of fused-ring (bicyclic) bond motifs is 1. The first kappa shape index (κ1) is 24.2. The summed E-state index contributed by atoms with van der Waals surface area (Å²) in [5.41, 5.74) is 7.06. The zero-order valence-corrected chi connectivity index (χ0v) is 26.2. The Kier molecular flexibility index (Phi) is 3.77. The Morgan fingerprint density at radius 1 is 0.644 bits per heavy atom. The molecule has 4 aromatic carbocycles. The standard InChI is InChI=1S/C35H26N4O4P2/c1-44(40)22-8-3-6-20-29(22)34(36-16-42-20)31-24(44)12-10-18-19-11-13-25-32-27(19)28(26(18)31)33-38(34)14-5-15-39(33)35(32)30-21(43-17-37-35)7-4-9-23(30)45(25,2)41/h3-15,28,36-37H,16-17H2,1-2H3/q+2. The van der Waals surface area contributed by atoms with E-state index in [2.05, 4.69) is 62.5 Å². The molecule has 2 spiro atoms. The minimum atomic E-state index is -2.99. The normalized spacial score (nSPS) is 31.6. The van der Waals surface area contributed by atoms with Crippen molar-refractivity contribution in [2.24, 2.45) is 0 Å². The van der Waals surface area contributed by atoms with Crippen LogP contribution in [0.15, 0.2) is 79.1 Å². The molecule has 0 amide bonds. The van der Waals surface area contributed by atoms with Gasteiger partial charge in [0.25, 0.3) is 11.3 Å². The van der Waals surface area contributed by atoms with Crippen LogP contribution in [-0.4, -0.2) is 26.8 Å². The van der Waals surface area contributed by atoms with Crippen LogP contribution in [0.1, 0.15) is 45.1 Å². The summed E-state index contributed by atoms with van der Waals surface area (Å²) in [6, 6.07) is 22.7. The molecule has 7 heterocycles. The molecule has 0 bridgehead atoms. The van der Waals surface area contributed by atoms with Gasteiger partial charge in [0, 0.05) is 21.2 Å². The van der Waals surface area contributed by atoms with Gasteiger partial charge in [-0.05, 0) is 59.8 Å². The van der Waals surface area contributed by atoms with Gasteiger partial charge in [0.15, 0.2) is 18.3 Å². The van der Waals surface area contributed by atoms with Gasteiger partial charge in [-0.3, -0.25) is 0 Å². The molecule has 6 aliphatic heterocycles. The van der Waals surface area contributed by atoms with Crippen LogP contribution in [0.25, 0.3) is 11.1 Å².